The largest absolute Gasteiger partial charge is 0.437 e. The van der Waals surface area contributed by atoms with E-state index in [0.29, 0.717) is 33.2 Å². The number of aryl methyl sites for hydroxylation is 3. The van der Waals surface area contributed by atoms with Gasteiger partial charge < -0.3 is 4.42 Å². The average Bonchev–Trinajstić information content (AvgIpc) is 3.37. The highest BCUT2D eigenvalue weighted by molar-refractivity contribution is 6.09. The first-order valence-corrected chi connectivity index (χ1v) is 10.7. The molecule has 3 heterocycles. The summed E-state index contributed by atoms with van der Waals surface area (Å²) in [5, 5.41) is 1.15. The van der Waals surface area contributed by atoms with E-state index in [1.807, 2.05) is 0 Å². The Labute approximate surface area is 220 Å². The minimum Gasteiger partial charge on any atom is -0.437 e. The molecular formula is C31H24FN2O+. The summed E-state index contributed by atoms with van der Waals surface area (Å²) in [7, 11) is 1.58. The van der Waals surface area contributed by atoms with Crippen LogP contribution in [0.5, 0.6) is 0 Å². The first kappa shape index (κ1) is 11.9. The number of hydrogen-bond acceptors (Lipinski definition) is 2. The lowest BCUT2D eigenvalue weighted by Crippen LogP contribution is -2.31. The van der Waals surface area contributed by atoms with Crippen LogP contribution in [0.3, 0.4) is 0 Å². The summed E-state index contributed by atoms with van der Waals surface area (Å²) >= 11 is 0. The molecule has 0 aliphatic heterocycles. The van der Waals surface area contributed by atoms with Crippen molar-refractivity contribution in [3.05, 3.63) is 108 Å². The Kier molecular flexibility index (Phi) is 2.78. The maximum absolute atomic E-state index is 14.6. The maximum Gasteiger partial charge on any atom is 0.227 e. The first-order valence-electron chi connectivity index (χ1n) is 16.7. The van der Waals surface area contributed by atoms with E-state index in [2.05, 4.69) is 4.98 Å². The predicted octanol–water partition coefficient (Wildman–Crippen LogP) is 7.56. The second kappa shape index (κ2) is 8.17. The topological polar surface area (TPSA) is 29.9 Å². The zero-order chi connectivity index (χ0) is 34.4. The second-order valence-corrected chi connectivity index (χ2v) is 8.07. The highest BCUT2D eigenvalue weighted by atomic mass is 19.1. The van der Waals surface area contributed by atoms with E-state index in [1.54, 1.807) is 32.2 Å². The zero-order valence-electron chi connectivity index (χ0n) is 30.6. The van der Waals surface area contributed by atoms with Crippen LogP contribution in [0.2, 0.25) is 0 Å². The fraction of sp³-hybridized carbons (Fsp3) is 0.0968. The molecule has 0 radical (unpaired) electrons. The van der Waals surface area contributed by atoms with Gasteiger partial charge in [-0.25, -0.2) is 9.37 Å². The van der Waals surface area contributed by atoms with E-state index in [0.717, 1.165) is 6.20 Å². The van der Waals surface area contributed by atoms with Crippen molar-refractivity contribution in [3.8, 4) is 33.6 Å². The van der Waals surface area contributed by atoms with Gasteiger partial charge in [-0.3, -0.25) is 0 Å². The molecule has 0 atom stereocenters. The number of benzene rings is 3. The molecule has 3 aromatic carbocycles. The van der Waals surface area contributed by atoms with Crippen molar-refractivity contribution >= 4 is 22.1 Å². The van der Waals surface area contributed by atoms with E-state index in [-0.39, 0.29) is 17.0 Å². The van der Waals surface area contributed by atoms with Crippen molar-refractivity contribution in [2.24, 2.45) is 7.05 Å². The Balaban J connectivity index is 1.57. The summed E-state index contributed by atoms with van der Waals surface area (Å²) in [6, 6.07) is 2.39. The van der Waals surface area contributed by atoms with Crippen LogP contribution in [-0.2, 0) is 7.05 Å². The van der Waals surface area contributed by atoms with Crippen LogP contribution >= 0.6 is 0 Å². The molecule has 35 heavy (non-hydrogen) atoms. The number of halogens is 1. The van der Waals surface area contributed by atoms with Gasteiger partial charge in [0, 0.05) is 26.5 Å². The van der Waals surface area contributed by atoms with Gasteiger partial charge in [0.2, 0.25) is 17.6 Å². The molecule has 0 spiro atoms. The number of fused-ring (bicyclic) bond motifs is 3. The maximum atomic E-state index is 14.6. The quantitative estimate of drug-likeness (QED) is 0.249. The minimum atomic E-state index is -2.70. The van der Waals surface area contributed by atoms with Crippen LogP contribution in [0.1, 0.15) is 27.6 Å². The van der Waals surface area contributed by atoms with Crippen LogP contribution in [0, 0.1) is 19.6 Å². The van der Waals surface area contributed by atoms with Gasteiger partial charge >= 0.3 is 0 Å². The van der Waals surface area contributed by atoms with Crippen LogP contribution in [-0.4, -0.2) is 4.98 Å². The number of furan rings is 1. The minimum absolute atomic E-state index is 0.0245. The smallest absolute Gasteiger partial charge is 0.227 e. The Morgan fingerprint density at radius 3 is 2.37 bits per heavy atom. The Morgan fingerprint density at radius 1 is 0.886 bits per heavy atom. The van der Waals surface area contributed by atoms with Crippen LogP contribution in [0.15, 0.2) is 95.3 Å². The van der Waals surface area contributed by atoms with Gasteiger partial charge in [0.25, 0.3) is 0 Å². The highest BCUT2D eigenvalue weighted by Gasteiger charge is 2.22. The van der Waals surface area contributed by atoms with E-state index >= 15 is 0 Å². The second-order valence-electron chi connectivity index (χ2n) is 8.07. The lowest BCUT2D eigenvalue weighted by atomic mass is 9.99. The average molecular weight is 472 g/mol. The van der Waals surface area contributed by atoms with Crippen molar-refractivity contribution < 1.29 is 29.8 Å². The highest BCUT2D eigenvalue weighted by Crippen LogP contribution is 2.37. The van der Waals surface area contributed by atoms with Crippen molar-refractivity contribution in [2.75, 3.05) is 0 Å². The molecule has 0 amide bonds. The van der Waals surface area contributed by atoms with E-state index in [4.69, 9.17) is 20.9 Å². The molecule has 4 heteroatoms. The van der Waals surface area contributed by atoms with Crippen LogP contribution in [0.25, 0.3) is 55.7 Å². The third-order valence-electron chi connectivity index (χ3n) is 5.83. The summed E-state index contributed by atoms with van der Waals surface area (Å²) in [5.74, 6) is -0.880. The number of aromatic nitrogens is 2. The van der Waals surface area contributed by atoms with Gasteiger partial charge in [-0.2, -0.15) is 4.57 Å². The van der Waals surface area contributed by atoms with E-state index < -0.39 is 83.7 Å². The molecule has 0 saturated heterocycles. The SMILES string of the molecule is [2H]c1c([2H])c([2H])c(-c2c([2H])c([2H])c(-c3ccc4c(n3)oc3c(-c5cc(C([2H])([2H])[2H])c(F)c[n+]5C)c(C)ccc34)c([2H])c2[2H])c([2H])c1[2H]. The van der Waals surface area contributed by atoms with Crippen molar-refractivity contribution in [1.82, 2.24) is 4.98 Å². The number of pyridine rings is 2. The van der Waals surface area contributed by atoms with Gasteiger partial charge in [-0.15, -0.1) is 0 Å². The number of hydrogen-bond donors (Lipinski definition) is 0. The van der Waals surface area contributed by atoms with Gasteiger partial charge in [0.1, 0.15) is 7.05 Å². The van der Waals surface area contributed by atoms with Gasteiger partial charge in [0.15, 0.2) is 11.4 Å². The fourth-order valence-corrected chi connectivity index (χ4v) is 4.08. The molecule has 170 valence electrons. The summed E-state index contributed by atoms with van der Waals surface area (Å²) in [6.07, 6.45) is 1.09. The Bertz CT molecular complexity index is 2270. The molecule has 0 N–H and O–H groups in total. The first-order chi connectivity index (χ1) is 21.9. The Hall–Kier alpha value is -4.31. The zero-order valence-corrected chi connectivity index (χ0v) is 18.6. The Morgan fingerprint density at radius 2 is 1.60 bits per heavy atom. The van der Waals surface area contributed by atoms with Gasteiger partial charge in [0.05, 0.1) is 23.6 Å². The van der Waals surface area contributed by atoms with Crippen LogP contribution < -0.4 is 4.57 Å². The molecule has 3 nitrogen and oxygen atoms in total. The molecule has 0 saturated carbocycles. The lowest BCUT2D eigenvalue weighted by molar-refractivity contribution is -0.662. The monoisotopic (exact) mass is 471 g/mol. The predicted molar refractivity (Wildman–Crippen MR) is 138 cm³/mol. The van der Waals surface area contributed by atoms with Gasteiger partial charge in [-0.1, -0.05) is 66.5 Å². The normalized spacial score (nSPS) is 16.7. The third-order valence-corrected chi connectivity index (χ3v) is 5.83. The molecule has 0 unspecified atom stereocenters. The fourth-order valence-electron chi connectivity index (χ4n) is 4.08. The summed E-state index contributed by atoms with van der Waals surface area (Å²) in [5.41, 5.74) is 0.500. The summed E-state index contributed by atoms with van der Waals surface area (Å²) in [4.78, 5) is 4.53. The third kappa shape index (κ3) is 3.58. The van der Waals surface area contributed by atoms with Crippen molar-refractivity contribution in [3.63, 3.8) is 0 Å². The van der Waals surface area contributed by atoms with Crippen LogP contribution in [0.4, 0.5) is 4.39 Å². The molecule has 6 aromatic rings. The lowest BCUT2D eigenvalue weighted by Gasteiger charge is -2.06. The summed E-state index contributed by atoms with van der Waals surface area (Å²) < 4.78 is 121. The van der Waals surface area contributed by atoms with E-state index in [1.165, 1.54) is 16.7 Å². The number of rotatable bonds is 3. The molecule has 3 aromatic heterocycles. The summed E-state index contributed by atoms with van der Waals surface area (Å²) in [6.45, 7) is -0.910. The molecule has 6 rings (SSSR count). The van der Waals surface area contributed by atoms with Gasteiger partial charge in [-0.05, 0) is 48.2 Å². The molecule has 0 bridgehead atoms. The van der Waals surface area contributed by atoms with Crippen molar-refractivity contribution in [1.29, 1.82) is 0 Å². The molecule has 0 aliphatic carbocycles. The number of nitrogens with zero attached hydrogens (tertiary/aromatic N) is 2. The standard InChI is InChI=1S/C31H24FN2O/c1-19-9-14-24-25-15-16-27(23-12-10-22(11-13-23)21-7-5-4-6-8-21)33-31(25)35-30(24)29(19)28-17-20(2)26(32)18-34(28)3/h4-18H,1-3H3/q+1/i2D3,4D,5D,6D,7D,8D,10D,11D,12D,13D. The molecule has 0 fully saturated rings. The van der Waals surface area contributed by atoms with Crippen molar-refractivity contribution in [2.45, 2.75) is 13.8 Å². The molecular weight excluding hydrogens is 435 g/mol. The van der Waals surface area contributed by atoms with E-state index in [9.17, 15) is 4.39 Å². The molecule has 0 aliphatic rings.